The van der Waals surface area contributed by atoms with E-state index in [1.807, 2.05) is 51.1 Å². The number of aromatic nitrogens is 2. The monoisotopic (exact) mass is 815 g/mol. The Kier molecular flexibility index (Phi) is 17.9. The van der Waals surface area contributed by atoms with E-state index in [2.05, 4.69) is 10.6 Å². The van der Waals surface area contributed by atoms with E-state index >= 15 is 0 Å². The van der Waals surface area contributed by atoms with Crippen LogP contribution in [-0.4, -0.2) is 104 Å². The lowest BCUT2D eigenvalue weighted by Crippen LogP contribution is -2.47. The molecule has 0 aliphatic rings. The summed E-state index contributed by atoms with van der Waals surface area (Å²) < 4.78 is 62.1. The van der Waals surface area contributed by atoms with Gasteiger partial charge in [0.05, 0.1) is 23.5 Å². The van der Waals surface area contributed by atoms with E-state index in [4.69, 9.17) is 31.6 Å². The average Bonchev–Trinajstić information content (AvgIpc) is 3.50. The molecule has 3 aromatic rings. The molecule has 56 heavy (non-hydrogen) atoms. The lowest BCUT2D eigenvalue weighted by Gasteiger charge is -2.40. The van der Waals surface area contributed by atoms with Crippen molar-refractivity contribution in [2.75, 3.05) is 31.1 Å². The van der Waals surface area contributed by atoms with Gasteiger partial charge in [0.1, 0.15) is 23.4 Å². The quantitative estimate of drug-likeness (QED) is 0.0856. The summed E-state index contributed by atoms with van der Waals surface area (Å²) in [5.41, 5.74) is 13.2. The second kappa shape index (κ2) is 21.3. The zero-order valence-electron chi connectivity index (χ0n) is 31.1. The Morgan fingerprint density at radius 2 is 1.55 bits per heavy atom. The van der Waals surface area contributed by atoms with Crippen molar-refractivity contribution in [2.45, 2.75) is 64.8 Å². The zero-order valence-corrected chi connectivity index (χ0v) is 31.9. The third-order valence-corrected chi connectivity index (χ3v) is 8.93. The molecule has 0 aliphatic carbocycles. The first-order chi connectivity index (χ1) is 26.0. The number of nitrogens with one attached hydrogen (secondary N) is 2. The van der Waals surface area contributed by atoms with Crippen LogP contribution in [0, 0.1) is 17.0 Å². The number of hydrogen-bond donors (Lipinski definition) is 6. The molecule has 14 nitrogen and oxygen atoms in total. The first kappa shape index (κ1) is 47.1. The van der Waals surface area contributed by atoms with Crippen LogP contribution in [0.15, 0.2) is 54.7 Å². The number of alkyl halides is 3. The number of nitrogens with two attached hydrogens (primary N) is 2. The minimum atomic E-state index is -5.08. The van der Waals surface area contributed by atoms with Crippen molar-refractivity contribution in [3.63, 3.8) is 0 Å². The summed E-state index contributed by atoms with van der Waals surface area (Å²) >= 11 is 1.09. The van der Waals surface area contributed by atoms with E-state index in [1.54, 1.807) is 11.1 Å². The van der Waals surface area contributed by atoms with Crippen LogP contribution in [0.25, 0.3) is 5.69 Å². The van der Waals surface area contributed by atoms with Gasteiger partial charge in [0.25, 0.3) is 0 Å². The number of nitrogens with zero attached hydrogens (tertiary/aromatic N) is 3. The molecule has 308 valence electrons. The first-order valence-corrected chi connectivity index (χ1v) is 18.2. The van der Waals surface area contributed by atoms with Gasteiger partial charge in [-0.2, -0.15) is 18.3 Å². The van der Waals surface area contributed by atoms with Gasteiger partial charge in [-0.15, -0.1) is 11.8 Å². The molecule has 3 atom stereocenters. The maximum atomic E-state index is 14.9. The molecule has 0 saturated carbocycles. The fourth-order valence-corrected chi connectivity index (χ4v) is 6.01. The van der Waals surface area contributed by atoms with Crippen LogP contribution in [-0.2, 0) is 30.4 Å². The molecule has 0 saturated heterocycles. The molecule has 1 aromatic heterocycles. The van der Waals surface area contributed by atoms with Gasteiger partial charge in [0, 0.05) is 56.6 Å². The summed E-state index contributed by atoms with van der Waals surface area (Å²) in [4.78, 5) is 59.3. The summed E-state index contributed by atoms with van der Waals surface area (Å²) in [5.74, 6) is -6.16. The van der Waals surface area contributed by atoms with Gasteiger partial charge in [0.15, 0.2) is 0 Å². The van der Waals surface area contributed by atoms with E-state index < -0.39 is 59.2 Å². The molecular formula is C36H46F5N7O7S. The van der Waals surface area contributed by atoms with Gasteiger partial charge < -0.3 is 37.2 Å². The van der Waals surface area contributed by atoms with Crippen molar-refractivity contribution < 1.29 is 56.1 Å². The molecule has 2 aromatic carbocycles. The number of halogens is 5. The number of carboxylic acid groups (broad SMARTS) is 2. The number of thioether (sulfide) groups is 1. The van der Waals surface area contributed by atoms with E-state index in [0.717, 1.165) is 35.5 Å². The topological polar surface area (TPSA) is 223 Å². The van der Waals surface area contributed by atoms with Crippen LogP contribution in [0.4, 0.5) is 22.0 Å². The van der Waals surface area contributed by atoms with E-state index in [0.29, 0.717) is 17.7 Å². The molecule has 0 aliphatic heterocycles. The lowest BCUT2D eigenvalue weighted by atomic mass is 9.81. The largest absolute Gasteiger partial charge is 0.490 e. The summed E-state index contributed by atoms with van der Waals surface area (Å²) in [5, 5.41) is 26.0. The molecule has 3 amide bonds. The Labute approximate surface area is 324 Å². The highest BCUT2D eigenvalue weighted by Crippen LogP contribution is 2.40. The summed E-state index contributed by atoms with van der Waals surface area (Å²) in [7, 11) is 0. The Balaban J connectivity index is 0.00000141. The molecule has 3 rings (SSSR count). The van der Waals surface area contributed by atoms with Gasteiger partial charge in [0.2, 0.25) is 17.7 Å². The number of amides is 3. The number of aliphatic carboxylic acids is 2. The Bertz CT molecular complexity index is 1810. The third kappa shape index (κ3) is 15.2. The number of rotatable bonds is 17. The fourth-order valence-electron chi connectivity index (χ4n) is 5.21. The SMILES string of the molecule is CC(=O)N(CC[C@H](N)C(=O)NCCNC(=O)CSC[C@H](N)C(=O)O)[C@@H](c1nn(-c2cc(F)ccc2F)cc1Cc1ccccc1)C(C)(C)C.O=C(O)C(F)(F)F. The van der Waals surface area contributed by atoms with E-state index in [-0.39, 0.29) is 55.1 Å². The van der Waals surface area contributed by atoms with Gasteiger partial charge >= 0.3 is 18.1 Å². The minimum absolute atomic E-state index is 0.0206. The highest BCUT2D eigenvalue weighted by molar-refractivity contribution is 8.00. The van der Waals surface area contributed by atoms with Crippen molar-refractivity contribution in [3.8, 4) is 5.69 Å². The van der Waals surface area contributed by atoms with E-state index in [1.165, 1.54) is 11.6 Å². The van der Waals surface area contributed by atoms with Crippen molar-refractivity contribution >= 4 is 41.4 Å². The molecule has 0 radical (unpaired) electrons. The molecule has 1 heterocycles. The number of benzene rings is 2. The maximum Gasteiger partial charge on any atom is 0.490 e. The smallest absolute Gasteiger partial charge is 0.480 e. The molecule has 8 N–H and O–H groups in total. The van der Waals surface area contributed by atoms with Crippen LogP contribution < -0.4 is 22.1 Å². The van der Waals surface area contributed by atoms with Crippen molar-refractivity contribution in [3.05, 3.63) is 83.2 Å². The van der Waals surface area contributed by atoms with Crippen LogP contribution in [0.1, 0.15) is 57.0 Å². The number of carbonyl (C=O) groups excluding carboxylic acids is 3. The van der Waals surface area contributed by atoms with Crippen molar-refractivity contribution in [1.82, 2.24) is 25.3 Å². The average molecular weight is 816 g/mol. The van der Waals surface area contributed by atoms with Crippen LogP contribution in [0.5, 0.6) is 0 Å². The van der Waals surface area contributed by atoms with Crippen molar-refractivity contribution in [2.24, 2.45) is 16.9 Å². The molecule has 0 fully saturated rings. The van der Waals surface area contributed by atoms with Gasteiger partial charge in [-0.05, 0) is 29.5 Å². The number of carboxylic acids is 2. The normalized spacial score (nSPS) is 13.1. The molecule has 0 unspecified atom stereocenters. The minimum Gasteiger partial charge on any atom is -0.480 e. The van der Waals surface area contributed by atoms with Crippen LogP contribution in [0.2, 0.25) is 0 Å². The molecule has 0 bridgehead atoms. The molecule has 20 heteroatoms. The highest BCUT2D eigenvalue weighted by atomic mass is 32.2. The summed E-state index contributed by atoms with van der Waals surface area (Å²) in [6.07, 6.45) is -2.91. The number of hydrogen-bond acceptors (Lipinski definition) is 9. The first-order valence-electron chi connectivity index (χ1n) is 17.0. The van der Waals surface area contributed by atoms with Gasteiger partial charge in [-0.1, -0.05) is 51.1 Å². The summed E-state index contributed by atoms with van der Waals surface area (Å²) in [6.45, 7) is 7.60. The fraction of sp³-hybridized carbons (Fsp3) is 0.444. The Morgan fingerprint density at radius 3 is 2.11 bits per heavy atom. The number of carbonyl (C=O) groups is 5. The maximum absolute atomic E-state index is 14.9. The lowest BCUT2D eigenvalue weighted by molar-refractivity contribution is -0.192. The van der Waals surface area contributed by atoms with Crippen LogP contribution in [0.3, 0.4) is 0 Å². The Morgan fingerprint density at radius 1 is 0.946 bits per heavy atom. The standard InChI is InChI=1S/C34H45F2N7O5S.C2HF3O2/c1-21(44)42(15-12-26(37)32(46)40-14-13-39-29(45)20-49-19-27(38)33(47)48)31(34(2,3)4)30-23(16-22-8-6-5-7-9-22)18-43(41-30)28-17-24(35)10-11-25(28)36;3-2(4,5)1(6)7/h5-11,17-18,26-27,31H,12-16,19-20,37-38H2,1-4H3,(H,39,45)(H,40,46)(H,47,48);(H,6,7)/t26-,27-,31-;/m0./s1. The zero-order chi connectivity index (χ0) is 42.4. The summed E-state index contributed by atoms with van der Waals surface area (Å²) in [6, 6.07) is 10.0. The molecule has 0 spiro atoms. The third-order valence-electron chi connectivity index (χ3n) is 7.86. The second-order valence-electron chi connectivity index (χ2n) is 13.5. The Hall–Kier alpha value is -5.08. The van der Waals surface area contributed by atoms with Crippen LogP contribution >= 0.6 is 11.8 Å². The van der Waals surface area contributed by atoms with Crippen molar-refractivity contribution in [1.29, 1.82) is 0 Å². The molecular weight excluding hydrogens is 769 g/mol. The predicted molar refractivity (Wildman–Crippen MR) is 198 cm³/mol. The van der Waals surface area contributed by atoms with E-state index in [9.17, 15) is 41.1 Å². The predicted octanol–water partition coefficient (Wildman–Crippen LogP) is 3.41. The second-order valence-corrected chi connectivity index (χ2v) is 14.6. The van der Waals surface area contributed by atoms with Gasteiger partial charge in [-0.3, -0.25) is 19.2 Å². The highest BCUT2D eigenvalue weighted by Gasteiger charge is 2.39. The van der Waals surface area contributed by atoms with Gasteiger partial charge in [-0.25, -0.2) is 18.3 Å².